The number of fused-ring (bicyclic) bond motifs is 1. The van der Waals surface area contributed by atoms with Crippen molar-refractivity contribution in [1.29, 1.82) is 0 Å². The summed E-state index contributed by atoms with van der Waals surface area (Å²) in [4.78, 5) is 0.317. The van der Waals surface area contributed by atoms with E-state index < -0.39 is 10.0 Å². The van der Waals surface area contributed by atoms with Gasteiger partial charge in [-0.05, 0) is 49.6 Å². The van der Waals surface area contributed by atoms with Gasteiger partial charge in [-0.25, -0.2) is 8.42 Å². The second-order valence-electron chi connectivity index (χ2n) is 6.63. The average molecular weight is 375 g/mol. The molecule has 2 aliphatic rings. The van der Waals surface area contributed by atoms with Crippen molar-refractivity contribution in [2.24, 2.45) is 0 Å². The van der Waals surface area contributed by atoms with E-state index in [0.717, 1.165) is 36.3 Å². The molecular weight excluding hydrogens is 354 g/mol. The van der Waals surface area contributed by atoms with Crippen LogP contribution in [0, 0.1) is 6.92 Å². The molecule has 8 heteroatoms. The smallest absolute Gasteiger partial charge is 0.243 e. The van der Waals surface area contributed by atoms with Crippen LogP contribution in [0.5, 0.6) is 11.6 Å². The number of ether oxygens (including phenoxy) is 2. The monoisotopic (exact) mass is 375 g/mol. The lowest BCUT2D eigenvalue weighted by Gasteiger charge is -2.31. The first-order valence-corrected chi connectivity index (χ1v) is 10.2. The summed E-state index contributed by atoms with van der Waals surface area (Å²) in [7, 11) is -3.55. The largest absolute Gasteiger partial charge is 0.493 e. The molecule has 0 bridgehead atoms. The number of piperidine rings is 1. The van der Waals surface area contributed by atoms with Crippen LogP contribution in [0.4, 0.5) is 0 Å². The molecule has 1 aromatic heterocycles. The van der Waals surface area contributed by atoms with Gasteiger partial charge in [-0.15, -0.1) is 5.10 Å². The van der Waals surface area contributed by atoms with E-state index in [1.807, 2.05) is 13.0 Å². The molecular formula is C18H21N3O4S. The molecule has 1 fully saturated rings. The molecule has 138 valence electrons. The lowest BCUT2D eigenvalue weighted by Crippen LogP contribution is -2.44. The zero-order valence-electron chi connectivity index (χ0n) is 14.6. The first kappa shape index (κ1) is 17.2. The molecule has 7 nitrogen and oxygen atoms in total. The lowest BCUT2D eigenvalue weighted by molar-refractivity contribution is 0.123. The van der Waals surface area contributed by atoms with E-state index in [2.05, 4.69) is 10.2 Å². The summed E-state index contributed by atoms with van der Waals surface area (Å²) in [6.07, 6.45) is 2.06. The summed E-state index contributed by atoms with van der Waals surface area (Å²) in [5.74, 6) is 1.20. The van der Waals surface area contributed by atoms with Gasteiger partial charge < -0.3 is 9.47 Å². The number of hydrogen-bond donors (Lipinski definition) is 0. The Morgan fingerprint density at radius 1 is 1.23 bits per heavy atom. The number of benzene rings is 1. The number of hydrogen-bond acceptors (Lipinski definition) is 6. The van der Waals surface area contributed by atoms with E-state index in [-0.39, 0.29) is 6.10 Å². The first-order chi connectivity index (χ1) is 12.5. The van der Waals surface area contributed by atoms with Gasteiger partial charge in [-0.1, -0.05) is 0 Å². The Labute approximate surface area is 153 Å². The molecule has 0 aliphatic carbocycles. The van der Waals surface area contributed by atoms with Gasteiger partial charge in [0.15, 0.2) is 0 Å². The van der Waals surface area contributed by atoms with Crippen LogP contribution in [-0.4, -0.2) is 48.7 Å². The zero-order valence-corrected chi connectivity index (χ0v) is 15.4. The standard InChI is InChI=1S/C18H21N3O4S/c1-13-4-7-18(20-19-13)25-15-3-2-9-21(12-15)26(22,23)16-5-6-17-14(11-16)8-10-24-17/h4-7,11,15H,2-3,8-10,12H2,1H3. The highest BCUT2D eigenvalue weighted by molar-refractivity contribution is 7.89. The third kappa shape index (κ3) is 3.39. The van der Waals surface area contributed by atoms with Crippen molar-refractivity contribution in [2.45, 2.75) is 37.2 Å². The summed E-state index contributed by atoms with van der Waals surface area (Å²) in [5, 5.41) is 7.98. The molecule has 0 radical (unpaired) electrons. The Morgan fingerprint density at radius 3 is 2.92 bits per heavy atom. The van der Waals surface area contributed by atoms with Crippen molar-refractivity contribution < 1.29 is 17.9 Å². The van der Waals surface area contributed by atoms with Crippen LogP contribution in [0.1, 0.15) is 24.1 Å². The Balaban J connectivity index is 1.50. The second kappa shape index (κ2) is 6.85. The molecule has 4 rings (SSSR count). The molecule has 1 unspecified atom stereocenters. The number of sulfonamides is 1. The molecule has 2 aromatic rings. The minimum Gasteiger partial charge on any atom is -0.493 e. The van der Waals surface area contributed by atoms with Crippen molar-refractivity contribution in [3.63, 3.8) is 0 Å². The van der Waals surface area contributed by atoms with E-state index in [1.165, 1.54) is 4.31 Å². The molecule has 0 N–H and O–H groups in total. The van der Waals surface area contributed by atoms with Gasteiger partial charge in [-0.3, -0.25) is 0 Å². The molecule has 1 atom stereocenters. The number of aryl methyl sites for hydroxylation is 1. The van der Waals surface area contributed by atoms with Crippen molar-refractivity contribution in [3.05, 3.63) is 41.6 Å². The average Bonchev–Trinajstić information content (AvgIpc) is 3.12. The molecule has 1 saturated heterocycles. The van der Waals surface area contributed by atoms with Gasteiger partial charge in [0.2, 0.25) is 15.9 Å². The molecule has 2 aliphatic heterocycles. The highest BCUT2D eigenvalue weighted by Gasteiger charge is 2.32. The Morgan fingerprint density at radius 2 is 2.12 bits per heavy atom. The van der Waals surface area contributed by atoms with E-state index in [0.29, 0.717) is 30.5 Å². The SMILES string of the molecule is Cc1ccc(OC2CCCN(S(=O)(=O)c3ccc4c(c3)CCO4)C2)nn1. The van der Waals surface area contributed by atoms with Crippen LogP contribution < -0.4 is 9.47 Å². The summed E-state index contributed by atoms with van der Waals surface area (Å²) >= 11 is 0. The molecule has 26 heavy (non-hydrogen) atoms. The molecule has 3 heterocycles. The van der Waals surface area contributed by atoms with Gasteiger partial charge in [0.1, 0.15) is 11.9 Å². The highest BCUT2D eigenvalue weighted by atomic mass is 32.2. The summed E-state index contributed by atoms with van der Waals surface area (Å²) < 4.78 is 38.9. The maximum Gasteiger partial charge on any atom is 0.243 e. The molecule has 0 amide bonds. The third-order valence-electron chi connectivity index (χ3n) is 4.70. The summed E-state index contributed by atoms with van der Waals surface area (Å²) in [6, 6.07) is 8.68. The maximum absolute atomic E-state index is 13.0. The summed E-state index contributed by atoms with van der Waals surface area (Å²) in [5.41, 5.74) is 1.76. The third-order valence-corrected chi connectivity index (χ3v) is 6.56. The van der Waals surface area contributed by atoms with E-state index in [4.69, 9.17) is 9.47 Å². The topological polar surface area (TPSA) is 81.6 Å². The minimum atomic E-state index is -3.55. The van der Waals surface area contributed by atoms with Crippen molar-refractivity contribution >= 4 is 10.0 Å². The van der Waals surface area contributed by atoms with E-state index in [9.17, 15) is 8.42 Å². The Hall–Kier alpha value is -2.19. The van der Waals surface area contributed by atoms with Crippen LogP contribution in [0.25, 0.3) is 0 Å². The van der Waals surface area contributed by atoms with Gasteiger partial charge in [-0.2, -0.15) is 9.40 Å². The van der Waals surface area contributed by atoms with Gasteiger partial charge >= 0.3 is 0 Å². The van der Waals surface area contributed by atoms with Crippen molar-refractivity contribution in [3.8, 4) is 11.6 Å². The fraction of sp³-hybridized carbons (Fsp3) is 0.444. The lowest BCUT2D eigenvalue weighted by atomic mass is 10.1. The fourth-order valence-electron chi connectivity index (χ4n) is 3.31. The van der Waals surface area contributed by atoms with Crippen LogP contribution in [0.2, 0.25) is 0 Å². The van der Waals surface area contributed by atoms with Crippen molar-refractivity contribution in [2.75, 3.05) is 19.7 Å². The molecule has 0 saturated carbocycles. The van der Waals surface area contributed by atoms with Crippen molar-refractivity contribution in [1.82, 2.24) is 14.5 Å². The quantitative estimate of drug-likeness (QED) is 0.812. The Kier molecular flexibility index (Phi) is 4.54. The van der Waals surface area contributed by atoms with Gasteiger partial charge in [0.25, 0.3) is 0 Å². The molecule has 1 aromatic carbocycles. The Bertz CT molecular complexity index is 899. The summed E-state index contributed by atoms with van der Waals surface area (Å²) in [6.45, 7) is 3.27. The maximum atomic E-state index is 13.0. The van der Waals surface area contributed by atoms with E-state index in [1.54, 1.807) is 24.3 Å². The second-order valence-corrected chi connectivity index (χ2v) is 8.56. The first-order valence-electron chi connectivity index (χ1n) is 8.75. The van der Waals surface area contributed by atoms with E-state index >= 15 is 0 Å². The van der Waals surface area contributed by atoms with Crippen LogP contribution in [-0.2, 0) is 16.4 Å². The van der Waals surface area contributed by atoms with Crippen LogP contribution in [0.3, 0.4) is 0 Å². The van der Waals surface area contributed by atoms with Crippen LogP contribution in [0.15, 0.2) is 35.2 Å². The highest BCUT2D eigenvalue weighted by Crippen LogP contribution is 2.30. The normalized spacial score (nSPS) is 20.4. The van der Waals surface area contributed by atoms with Gasteiger partial charge in [0, 0.05) is 19.0 Å². The molecule has 0 spiro atoms. The predicted octanol–water partition coefficient (Wildman–Crippen LogP) is 1.95. The predicted molar refractivity (Wildman–Crippen MR) is 94.8 cm³/mol. The zero-order chi connectivity index (χ0) is 18.1. The van der Waals surface area contributed by atoms with Crippen LogP contribution >= 0.6 is 0 Å². The number of nitrogens with zero attached hydrogens (tertiary/aromatic N) is 3. The fourth-order valence-corrected chi connectivity index (χ4v) is 4.87. The number of rotatable bonds is 4. The van der Waals surface area contributed by atoms with Gasteiger partial charge in [0.05, 0.1) is 23.7 Å². The number of aromatic nitrogens is 2. The minimum absolute atomic E-state index is 0.228.